The number of carbonyl (C=O) groups is 1. The summed E-state index contributed by atoms with van der Waals surface area (Å²) in [6.07, 6.45) is 0. The van der Waals surface area contributed by atoms with Crippen molar-refractivity contribution in [1.82, 2.24) is 5.32 Å². The molecule has 90 valence electrons. The maximum Gasteiger partial charge on any atom is 0.230 e. The second kappa shape index (κ2) is 7.96. The Balaban J connectivity index is 3.49. The molecule has 0 radical (unpaired) electrons. The normalized spacial score (nSPS) is 11.5. The van der Waals surface area contributed by atoms with Crippen LogP contribution in [0.3, 0.4) is 0 Å². The van der Waals surface area contributed by atoms with Gasteiger partial charge in [-0.25, -0.2) is 0 Å². The summed E-state index contributed by atoms with van der Waals surface area (Å²) in [6, 6.07) is 0. The molecule has 0 aliphatic carbocycles. The quantitative estimate of drug-likeness (QED) is 0.602. The van der Waals surface area contributed by atoms with Gasteiger partial charge in [0.05, 0.1) is 12.4 Å². The third-order valence-electron chi connectivity index (χ3n) is 1.86. The molecule has 0 bridgehead atoms. The first-order valence-electron chi connectivity index (χ1n) is 4.96. The molecule has 0 aliphatic heterocycles. The summed E-state index contributed by atoms with van der Waals surface area (Å²) < 4.78 is 4.87. The highest BCUT2D eigenvalue weighted by Gasteiger charge is 2.17. The lowest BCUT2D eigenvalue weighted by Crippen LogP contribution is -2.37. The van der Waals surface area contributed by atoms with Crippen LogP contribution >= 0.6 is 11.8 Å². The molecule has 0 aromatic rings. The summed E-state index contributed by atoms with van der Waals surface area (Å²) in [7, 11) is 1.64. The molecule has 0 aromatic carbocycles. The van der Waals surface area contributed by atoms with Gasteiger partial charge in [-0.05, 0) is 0 Å². The average Bonchev–Trinajstić information content (AvgIpc) is 2.22. The Morgan fingerprint density at radius 2 is 2.20 bits per heavy atom. The van der Waals surface area contributed by atoms with Crippen molar-refractivity contribution in [2.24, 2.45) is 5.41 Å². The molecule has 1 amide bonds. The van der Waals surface area contributed by atoms with E-state index < -0.39 is 0 Å². The SMILES string of the molecule is COCCSCC(=O)NCC(C)(C)CO. The number of amides is 1. The van der Waals surface area contributed by atoms with Crippen molar-refractivity contribution in [3.8, 4) is 0 Å². The average molecular weight is 235 g/mol. The first-order chi connectivity index (χ1) is 7.02. The zero-order chi connectivity index (χ0) is 11.7. The van der Waals surface area contributed by atoms with Gasteiger partial charge in [0.1, 0.15) is 0 Å². The number of hydrogen-bond donors (Lipinski definition) is 2. The fraction of sp³-hybridized carbons (Fsp3) is 0.900. The highest BCUT2D eigenvalue weighted by Crippen LogP contribution is 2.11. The Kier molecular flexibility index (Phi) is 7.82. The topological polar surface area (TPSA) is 58.6 Å². The van der Waals surface area contributed by atoms with Crippen LogP contribution in [0.1, 0.15) is 13.8 Å². The van der Waals surface area contributed by atoms with Crippen LogP contribution < -0.4 is 5.32 Å². The molecule has 0 rings (SSSR count). The maximum atomic E-state index is 11.3. The van der Waals surface area contributed by atoms with Gasteiger partial charge in [-0.3, -0.25) is 4.79 Å². The Labute approximate surface area is 95.8 Å². The van der Waals surface area contributed by atoms with Crippen molar-refractivity contribution in [2.45, 2.75) is 13.8 Å². The molecule has 2 N–H and O–H groups in total. The largest absolute Gasteiger partial charge is 0.396 e. The van der Waals surface area contributed by atoms with Crippen LogP contribution in [0.25, 0.3) is 0 Å². The van der Waals surface area contributed by atoms with E-state index in [9.17, 15) is 4.79 Å². The predicted octanol–water partition coefficient (Wildman–Crippen LogP) is 0.501. The molecule has 0 saturated carbocycles. The van der Waals surface area contributed by atoms with Crippen molar-refractivity contribution in [3.05, 3.63) is 0 Å². The highest BCUT2D eigenvalue weighted by molar-refractivity contribution is 7.99. The van der Waals surface area contributed by atoms with Crippen LogP contribution in [-0.4, -0.2) is 49.4 Å². The van der Waals surface area contributed by atoms with Gasteiger partial charge < -0.3 is 15.2 Å². The van der Waals surface area contributed by atoms with Gasteiger partial charge in [0.25, 0.3) is 0 Å². The van der Waals surface area contributed by atoms with Gasteiger partial charge in [0, 0.05) is 31.4 Å². The Morgan fingerprint density at radius 1 is 1.53 bits per heavy atom. The Morgan fingerprint density at radius 3 is 2.73 bits per heavy atom. The molecular weight excluding hydrogens is 214 g/mol. The summed E-state index contributed by atoms with van der Waals surface area (Å²) in [5.41, 5.74) is -0.243. The van der Waals surface area contributed by atoms with Gasteiger partial charge in [-0.2, -0.15) is 0 Å². The molecule has 4 nitrogen and oxygen atoms in total. The molecule has 0 atom stereocenters. The number of nitrogens with one attached hydrogen (secondary N) is 1. The van der Waals surface area contributed by atoms with Crippen molar-refractivity contribution < 1.29 is 14.6 Å². The summed E-state index contributed by atoms with van der Waals surface area (Å²) >= 11 is 1.54. The second-order valence-electron chi connectivity index (χ2n) is 4.14. The van der Waals surface area contributed by atoms with Crippen LogP contribution in [-0.2, 0) is 9.53 Å². The third-order valence-corrected chi connectivity index (χ3v) is 2.78. The summed E-state index contributed by atoms with van der Waals surface area (Å²) in [5, 5.41) is 11.8. The summed E-state index contributed by atoms with van der Waals surface area (Å²) in [6.45, 7) is 5.06. The van der Waals surface area contributed by atoms with Crippen LogP contribution in [0.2, 0.25) is 0 Å². The number of ether oxygens (including phenoxy) is 1. The van der Waals surface area contributed by atoms with Crippen LogP contribution in [0, 0.1) is 5.41 Å². The Bertz CT molecular complexity index is 186. The lowest BCUT2D eigenvalue weighted by molar-refractivity contribution is -0.119. The van der Waals surface area contributed by atoms with E-state index in [0.29, 0.717) is 18.9 Å². The lowest BCUT2D eigenvalue weighted by Gasteiger charge is -2.21. The first kappa shape index (κ1) is 14.7. The van der Waals surface area contributed by atoms with E-state index >= 15 is 0 Å². The van der Waals surface area contributed by atoms with E-state index in [2.05, 4.69) is 5.32 Å². The minimum atomic E-state index is -0.243. The number of hydrogen-bond acceptors (Lipinski definition) is 4. The summed E-state index contributed by atoms with van der Waals surface area (Å²) in [5.74, 6) is 1.29. The van der Waals surface area contributed by atoms with Gasteiger partial charge in [0.15, 0.2) is 0 Å². The highest BCUT2D eigenvalue weighted by atomic mass is 32.2. The minimum Gasteiger partial charge on any atom is -0.396 e. The molecular formula is C10H21NO3S. The lowest BCUT2D eigenvalue weighted by atomic mass is 9.95. The zero-order valence-corrected chi connectivity index (χ0v) is 10.5. The van der Waals surface area contributed by atoms with E-state index in [-0.39, 0.29) is 17.9 Å². The van der Waals surface area contributed by atoms with Crippen LogP contribution in [0.15, 0.2) is 0 Å². The first-order valence-corrected chi connectivity index (χ1v) is 6.11. The molecule has 15 heavy (non-hydrogen) atoms. The molecule has 0 fully saturated rings. The molecule has 0 unspecified atom stereocenters. The molecule has 0 aliphatic rings. The van der Waals surface area contributed by atoms with Crippen LogP contribution in [0.5, 0.6) is 0 Å². The maximum absolute atomic E-state index is 11.3. The number of aliphatic hydroxyl groups is 1. The van der Waals surface area contributed by atoms with Crippen molar-refractivity contribution in [1.29, 1.82) is 0 Å². The van der Waals surface area contributed by atoms with E-state index in [4.69, 9.17) is 9.84 Å². The van der Waals surface area contributed by atoms with Gasteiger partial charge in [-0.15, -0.1) is 11.8 Å². The van der Waals surface area contributed by atoms with E-state index in [0.717, 1.165) is 5.75 Å². The molecule has 5 heteroatoms. The smallest absolute Gasteiger partial charge is 0.230 e. The monoisotopic (exact) mass is 235 g/mol. The number of aliphatic hydroxyl groups excluding tert-OH is 1. The van der Waals surface area contributed by atoms with Gasteiger partial charge in [-0.1, -0.05) is 13.8 Å². The number of rotatable bonds is 8. The van der Waals surface area contributed by atoms with Crippen LogP contribution in [0.4, 0.5) is 0 Å². The molecule has 0 heterocycles. The van der Waals surface area contributed by atoms with E-state index in [1.807, 2.05) is 13.8 Å². The number of thioether (sulfide) groups is 1. The van der Waals surface area contributed by atoms with E-state index in [1.165, 1.54) is 0 Å². The molecule has 0 saturated heterocycles. The number of methoxy groups -OCH3 is 1. The zero-order valence-electron chi connectivity index (χ0n) is 9.71. The standard InChI is InChI=1S/C10H21NO3S/c1-10(2,8-12)7-11-9(13)6-15-5-4-14-3/h12H,4-8H2,1-3H3,(H,11,13). The second-order valence-corrected chi connectivity index (χ2v) is 5.25. The van der Waals surface area contributed by atoms with E-state index in [1.54, 1.807) is 18.9 Å². The van der Waals surface area contributed by atoms with Crippen molar-refractivity contribution in [2.75, 3.05) is 38.4 Å². The molecule has 0 aromatic heterocycles. The predicted molar refractivity (Wildman–Crippen MR) is 63.1 cm³/mol. The van der Waals surface area contributed by atoms with Crippen molar-refractivity contribution >= 4 is 17.7 Å². The Hall–Kier alpha value is -0.260. The van der Waals surface area contributed by atoms with Crippen molar-refractivity contribution in [3.63, 3.8) is 0 Å². The minimum absolute atomic E-state index is 0.0117. The molecule has 0 spiro atoms. The third kappa shape index (κ3) is 8.72. The summed E-state index contributed by atoms with van der Waals surface area (Å²) in [4.78, 5) is 11.3. The fourth-order valence-electron chi connectivity index (χ4n) is 0.752. The fourth-order valence-corrected chi connectivity index (χ4v) is 1.47. The van der Waals surface area contributed by atoms with Gasteiger partial charge >= 0.3 is 0 Å². The number of carbonyl (C=O) groups excluding carboxylic acids is 1. The van der Waals surface area contributed by atoms with Gasteiger partial charge in [0.2, 0.25) is 5.91 Å².